The molecule has 8 heteroatoms. The largest absolute Gasteiger partial charge is 0.325 e. The summed E-state index contributed by atoms with van der Waals surface area (Å²) in [5, 5.41) is 21.1. The summed E-state index contributed by atoms with van der Waals surface area (Å²) in [6, 6.07) is 20.9. The number of thioether (sulfide) groups is 1. The molecule has 1 N–H and O–H groups in total. The van der Waals surface area contributed by atoms with Crippen LogP contribution in [0.4, 0.5) is 5.69 Å². The molecular weight excluding hydrogens is 444 g/mol. The molecule has 0 aliphatic rings. The third-order valence-corrected chi connectivity index (χ3v) is 6.31. The maximum absolute atomic E-state index is 12.9. The Balaban J connectivity index is 1.69. The fraction of sp³-hybridized carbons (Fsp3) is 0.192. The molecule has 0 fully saturated rings. The van der Waals surface area contributed by atoms with Crippen LogP contribution in [-0.4, -0.2) is 30.9 Å². The zero-order valence-electron chi connectivity index (χ0n) is 19.1. The molecule has 1 amide bonds. The van der Waals surface area contributed by atoms with E-state index in [2.05, 4.69) is 46.5 Å². The first-order chi connectivity index (χ1) is 16.5. The van der Waals surface area contributed by atoms with Crippen LogP contribution in [0.2, 0.25) is 0 Å². The minimum absolute atomic E-state index is 0.185. The number of rotatable bonds is 7. The lowest BCUT2D eigenvalue weighted by Crippen LogP contribution is -2.23. The highest BCUT2D eigenvalue weighted by atomic mass is 32.2. The predicted molar refractivity (Wildman–Crippen MR) is 134 cm³/mol. The summed E-state index contributed by atoms with van der Waals surface area (Å²) in [5.74, 6) is 0.763. The third kappa shape index (κ3) is 5.00. The van der Waals surface area contributed by atoms with Gasteiger partial charge < -0.3 is 5.32 Å². The molecular formula is C26H24N6OS. The Hall–Kier alpha value is -3.96. The molecule has 2 aromatic carbocycles. The van der Waals surface area contributed by atoms with Gasteiger partial charge in [0.2, 0.25) is 5.91 Å². The Morgan fingerprint density at radius 1 is 1.06 bits per heavy atom. The molecule has 0 aliphatic heterocycles. The Kier molecular flexibility index (Phi) is 7.04. The van der Waals surface area contributed by atoms with Gasteiger partial charge in [0.1, 0.15) is 0 Å². The van der Waals surface area contributed by atoms with Crippen LogP contribution in [0.3, 0.4) is 0 Å². The molecule has 0 spiro atoms. The number of nitrogens with one attached hydrogen (secondary N) is 1. The highest BCUT2D eigenvalue weighted by molar-refractivity contribution is 8.00. The highest BCUT2D eigenvalue weighted by Gasteiger charge is 2.23. The van der Waals surface area contributed by atoms with Crippen molar-refractivity contribution in [3.8, 4) is 23.1 Å². The number of hydrogen-bond acceptors (Lipinski definition) is 6. The van der Waals surface area contributed by atoms with Crippen LogP contribution in [0.25, 0.3) is 17.1 Å². The van der Waals surface area contributed by atoms with E-state index in [1.165, 1.54) is 11.8 Å². The summed E-state index contributed by atoms with van der Waals surface area (Å²) in [6.07, 6.45) is 3.47. The molecule has 34 heavy (non-hydrogen) atoms. The molecule has 2 heterocycles. The SMILES string of the molecule is CC(Sc1nnc(-c2cccnc2)n1-c1ccccc1C(C)C)C(=O)Nc1cccc(C#N)c1. The maximum Gasteiger partial charge on any atom is 0.237 e. The third-order valence-electron chi connectivity index (χ3n) is 5.26. The number of nitriles is 1. The van der Waals surface area contributed by atoms with Crippen molar-refractivity contribution >= 4 is 23.4 Å². The van der Waals surface area contributed by atoms with Crippen LogP contribution in [0.15, 0.2) is 78.2 Å². The van der Waals surface area contributed by atoms with Crippen LogP contribution in [0, 0.1) is 11.3 Å². The van der Waals surface area contributed by atoms with E-state index in [0.717, 1.165) is 16.8 Å². The maximum atomic E-state index is 12.9. The summed E-state index contributed by atoms with van der Waals surface area (Å²) in [7, 11) is 0. The van der Waals surface area contributed by atoms with Gasteiger partial charge >= 0.3 is 0 Å². The molecule has 0 saturated carbocycles. The van der Waals surface area contributed by atoms with Crippen LogP contribution in [-0.2, 0) is 4.79 Å². The number of para-hydroxylation sites is 1. The fourth-order valence-corrected chi connectivity index (χ4v) is 4.41. The first kappa shape index (κ1) is 23.2. The molecule has 0 aliphatic carbocycles. The molecule has 1 atom stereocenters. The van der Waals surface area contributed by atoms with Crippen molar-refractivity contribution in [1.82, 2.24) is 19.7 Å². The van der Waals surface area contributed by atoms with Crippen LogP contribution < -0.4 is 5.32 Å². The number of carbonyl (C=O) groups excluding carboxylic acids is 1. The first-order valence-corrected chi connectivity index (χ1v) is 11.8. The smallest absolute Gasteiger partial charge is 0.237 e. The van der Waals surface area contributed by atoms with Gasteiger partial charge in [-0.1, -0.05) is 49.9 Å². The zero-order chi connectivity index (χ0) is 24.1. The minimum Gasteiger partial charge on any atom is -0.325 e. The Labute approximate surface area is 202 Å². The van der Waals surface area contributed by atoms with Crippen molar-refractivity contribution in [1.29, 1.82) is 5.26 Å². The van der Waals surface area contributed by atoms with E-state index >= 15 is 0 Å². The quantitative estimate of drug-likeness (QED) is 0.363. The molecule has 0 radical (unpaired) electrons. The molecule has 2 aromatic heterocycles. The van der Waals surface area contributed by atoms with E-state index in [4.69, 9.17) is 5.26 Å². The summed E-state index contributed by atoms with van der Waals surface area (Å²) in [6.45, 7) is 6.11. The standard InChI is InChI=1S/C26H24N6OS/c1-17(2)22-11-4-5-12-23(22)32-24(20-9-7-13-28-16-20)30-31-26(32)34-18(3)25(33)29-21-10-6-8-19(14-21)15-27/h4-14,16-18H,1-3H3,(H,29,33). The van der Waals surface area contributed by atoms with Crippen LogP contribution in [0.1, 0.15) is 37.8 Å². The Morgan fingerprint density at radius 3 is 2.62 bits per heavy atom. The predicted octanol–water partition coefficient (Wildman–Crippen LogP) is 5.44. The van der Waals surface area contributed by atoms with Gasteiger partial charge in [0, 0.05) is 23.6 Å². The Bertz CT molecular complexity index is 1340. The van der Waals surface area contributed by atoms with Gasteiger partial charge in [0.05, 0.1) is 22.6 Å². The van der Waals surface area contributed by atoms with E-state index < -0.39 is 5.25 Å². The Morgan fingerprint density at radius 2 is 1.88 bits per heavy atom. The second-order valence-electron chi connectivity index (χ2n) is 8.04. The molecule has 7 nitrogen and oxygen atoms in total. The van der Waals surface area contributed by atoms with E-state index in [1.54, 1.807) is 36.7 Å². The number of carbonyl (C=O) groups is 1. The molecule has 170 valence electrons. The summed E-state index contributed by atoms with van der Waals surface area (Å²) < 4.78 is 2.00. The number of benzene rings is 2. The summed E-state index contributed by atoms with van der Waals surface area (Å²) in [5.41, 5.74) is 4.03. The molecule has 0 saturated heterocycles. The first-order valence-electron chi connectivity index (χ1n) is 10.9. The van der Waals surface area contributed by atoms with E-state index in [-0.39, 0.29) is 11.8 Å². The van der Waals surface area contributed by atoms with Crippen molar-refractivity contribution in [2.75, 3.05) is 5.32 Å². The van der Waals surface area contributed by atoms with Crippen LogP contribution in [0.5, 0.6) is 0 Å². The molecule has 4 rings (SSSR count). The van der Waals surface area contributed by atoms with Crippen molar-refractivity contribution < 1.29 is 4.79 Å². The van der Waals surface area contributed by atoms with Crippen molar-refractivity contribution in [3.05, 3.63) is 84.2 Å². The fourth-order valence-electron chi connectivity index (χ4n) is 3.55. The van der Waals surface area contributed by atoms with Gasteiger partial charge in [-0.2, -0.15) is 5.26 Å². The normalized spacial score (nSPS) is 11.7. The molecule has 0 bridgehead atoms. The van der Waals surface area contributed by atoms with Gasteiger partial charge in [0.25, 0.3) is 0 Å². The van der Waals surface area contributed by atoms with E-state index in [1.807, 2.05) is 41.8 Å². The lowest BCUT2D eigenvalue weighted by Gasteiger charge is -2.18. The van der Waals surface area contributed by atoms with E-state index in [9.17, 15) is 4.79 Å². The van der Waals surface area contributed by atoms with Gasteiger partial charge in [0.15, 0.2) is 11.0 Å². The zero-order valence-corrected chi connectivity index (χ0v) is 20.0. The second-order valence-corrected chi connectivity index (χ2v) is 9.35. The monoisotopic (exact) mass is 468 g/mol. The van der Waals surface area contributed by atoms with Gasteiger partial charge in [-0.25, -0.2) is 0 Å². The highest BCUT2D eigenvalue weighted by Crippen LogP contribution is 2.33. The van der Waals surface area contributed by atoms with E-state index in [0.29, 0.717) is 22.2 Å². The number of aromatic nitrogens is 4. The number of amides is 1. The molecule has 4 aromatic rings. The van der Waals surface area contributed by atoms with Crippen molar-refractivity contribution in [2.24, 2.45) is 0 Å². The van der Waals surface area contributed by atoms with Gasteiger partial charge in [-0.05, 0) is 54.8 Å². The number of nitrogens with zero attached hydrogens (tertiary/aromatic N) is 5. The average molecular weight is 469 g/mol. The van der Waals surface area contributed by atoms with Crippen LogP contribution >= 0.6 is 11.8 Å². The topological polar surface area (TPSA) is 96.5 Å². The number of pyridine rings is 1. The minimum atomic E-state index is -0.457. The second kappa shape index (κ2) is 10.3. The van der Waals surface area contributed by atoms with Crippen molar-refractivity contribution in [3.63, 3.8) is 0 Å². The van der Waals surface area contributed by atoms with Gasteiger partial charge in [-0.3, -0.25) is 14.3 Å². The lowest BCUT2D eigenvalue weighted by molar-refractivity contribution is -0.115. The van der Waals surface area contributed by atoms with Gasteiger partial charge in [-0.15, -0.1) is 10.2 Å². The summed E-state index contributed by atoms with van der Waals surface area (Å²) in [4.78, 5) is 17.2. The number of hydrogen-bond donors (Lipinski definition) is 1. The lowest BCUT2D eigenvalue weighted by atomic mass is 10.0. The average Bonchev–Trinajstić information content (AvgIpc) is 3.27. The van der Waals surface area contributed by atoms with Crippen molar-refractivity contribution in [2.45, 2.75) is 37.1 Å². The number of anilines is 1. The molecule has 1 unspecified atom stereocenters. The summed E-state index contributed by atoms with van der Waals surface area (Å²) >= 11 is 1.33.